The van der Waals surface area contributed by atoms with Crippen LogP contribution in [-0.4, -0.2) is 56.4 Å². The Morgan fingerprint density at radius 3 is 2.22 bits per heavy atom. The van der Waals surface area contributed by atoms with E-state index in [2.05, 4.69) is 40.7 Å². The molecule has 6 heteroatoms. The molecular weight excluding hydrogens is 456 g/mol. The van der Waals surface area contributed by atoms with Crippen molar-refractivity contribution >= 4 is 5.97 Å². The highest BCUT2D eigenvalue weighted by Gasteiger charge is 2.72. The molecule has 0 saturated heterocycles. The van der Waals surface area contributed by atoms with Crippen molar-refractivity contribution in [1.82, 2.24) is 0 Å². The molecule has 5 N–H and O–H groups in total. The lowest BCUT2D eigenvalue weighted by Gasteiger charge is -2.72. The summed E-state index contributed by atoms with van der Waals surface area (Å²) < 4.78 is 0. The third-order valence-electron chi connectivity index (χ3n) is 13.7. The molecule has 0 bridgehead atoms. The van der Waals surface area contributed by atoms with E-state index < -0.39 is 40.5 Å². The Hall–Kier alpha value is -0.950. The zero-order valence-corrected chi connectivity index (χ0v) is 23.0. The fraction of sp³-hybridized carbons (Fsp3) is 0.900. The molecule has 0 spiro atoms. The lowest BCUT2D eigenvalue weighted by Crippen LogP contribution is -2.73. The highest BCUT2D eigenvalue weighted by Crippen LogP contribution is 2.75. The second kappa shape index (κ2) is 8.03. The van der Waals surface area contributed by atoms with Crippen molar-refractivity contribution < 1.29 is 30.3 Å². The van der Waals surface area contributed by atoms with Crippen LogP contribution in [0.1, 0.15) is 86.5 Å². The van der Waals surface area contributed by atoms with Gasteiger partial charge in [-0.2, -0.15) is 0 Å². The van der Waals surface area contributed by atoms with Crippen molar-refractivity contribution in [3.8, 4) is 0 Å². The lowest BCUT2D eigenvalue weighted by atomic mass is 9.32. The maximum Gasteiger partial charge on any atom is 0.310 e. The van der Waals surface area contributed by atoms with E-state index >= 15 is 0 Å². The summed E-state index contributed by atoms with van der Waals surface area (Å²) in [6.45, 7) is 12.9. The zero-order valence-electron chi connectivity index (χ0n) is 23.0. The van der Waals surface area contributed by atoms with Gasteiger partial charge in [-0.25, -0.2) is 0 Å². The predicted octanol–water partition coefficient (Wildman–Crippen LogP) is 4.00. The molecule has 0 aliphatic heterocycles. The zero-order chi connectivity index (χ0) is 26.6. The Morgan fingerprint density at radius 1 is 0.944 bits per heavy atom. The van der Waals surface area contributed by atoms with Gasteiger partial charge in [0.1, 0.15) is 6.10 Å². The van der Waals surface area contributed by atoms with Crippen LogP contribution in [0.25, 0.3) is 0 Å². The molecule has 0 amide bonds. The summed E-state index contributed by atoms with van der Waals surface area (Å²) >= 11 is 0. The maximum atomic E-state index is 12.8. The highest BCUT2D eigenvalue weighted by molar-refractivity contribution is 5.76. The van der Waals surface area contributed by atoms with Crippen molar-refractivity contribution in [3.63, 3.8) is 0 Å². The maximum absolute atomic E-state index is 12.8. The minimum atomic E-state index is -1.31. The molecular formula is C30H48O6. The van der Waals surface area contributed by atoms with Crippen molar-refractivity contribution in [1.29, 1.82) is 0 Å². The average molecular weight is 505 g/mol. The molecule has 4 saturated carbocycles. The van der Waals surface area contributed by atoms with E-state index in [1.165, 1.54) is 5.57 Å². The molecule has 5 aliphatic rings. The van der Waals surface area contributed by atoms with Crippen LogP contribution < -0.4 is 0 Å². The van der Waals surface area contributed by atoms with Crippen LogP contribution in [0.2, 0.25) is 0 Å². The number of aliphatic hydroxyl groups excluding tert-OH is 4. The van der Waals surface area contributed by atoms with Crippen molar-refractivity contribution in [2.45, 2.75) is 105 Å². The van der Waals surface area contributed by atoms with Crippen LogP contribution in [0.15, 0.2) is 11.6 Å². The summed E-state index contributed by atoms with van der Waals surface area (Å²) in [7, 11) is 0. The van der Waals surface area contributed by atoms with Gasteiger partial charge in [-0.05, 0) is 85.4 Å². The average Bonchev–Trinajstić information content (AvgIpc) is 2.84. The van der Waals surface area contributed by atoms with E-state index in [1.54, 1.807) is 0 Å². The normalized spacial score (nSPS) is 58.6. The SMILES string of the molecule is C[C@H]1[C@H](C)CC[C@]2(C(=O)O)CC[C@]3(C)C(=CC[C@@H]4[C@]5(C)C(CC[C@]43C)C(C)(CO)[C@H](O)[C@H](O)[C@H]5O)[C@H]12. The third kappa shape index (κ3) is 2.85. The van der Waals surface area contributed by atoms with E-state index in [1.807, 2.05) is 6.92 Å². The van der Waals surface area contributed by atoms with E-state index in [0.29, 0.717) is 18.3 Å². The number of aliphatic carboxylic acids is 1. The molecule has 6 nitrogen and oxygen atoms in total. The van der Waals surface area contributed by atoms with E-state index in [9.17, 15) is 30.3 Å². The molecule has 0 radical (unpaired) electrons. The van der Waals surface area contributed by atoms with Crippen LogP contribution in [0.5, 0.6) is 0 Å². The van der Waals surface area contributed by atoms with Crippen molar-refractivity contribution in [3.05, 3.63) is 11.6 Å². The van der Waals surface area contributed by atoms with Gasteiger partial charge in [0.2, 0.25) is 0 Å². The molecule has 5 aliphatic carbocycles. The second-order valence-electron chi connectivity index (χ2n) is 14.5. The lowest BCUT2D eigenvalue weighted by molar-refractivity contribution is -0.287. The fourth-order valence-corrected chi connectivity index (χ4v) is 10.9. The number of carbonyl (C=O) groups is 1. The van der Waals surface area contributed by atoms with Gasteiger partial charge >= 0.3 is 5.97 Å². The van der Waals surface area contributed by atoms with Gasteiger partial charge in [0, 0.05) is 10.8 Å². The Bertz CT molecular complexity index is 963. The summed E-state index contributed by atoms with van der Waals surface area (Å²) in [6.07, 6.45) is 4.32. The molecule has 0 aromatic carbocycles. The Kier molecular flexibility index (Phi) is 5.95. The van der Waals surface area contributed by atoms with Gasteiger partial charge in [0.15, 0.2) is 0 Å². The van der Waals surface area contributed by atoms with Gasteiger partial charge in [-0.15, -0.1) is 0 Å². The first kappa shape index (κ1) is 26.6. The number of hydrogen-bond acceptors (Lipinski definition) is 5. The summed E-state index contributed by atoms with van der Waals surface area (Å²) in [5, 5.41) is 54.5. The van der Waals surface area contributed by atoms with Crippen molar-refractivity contribution in [2.75, 3.05) is 6.61 Å². The smallest absolute Gasteiger partial charge is 0.310 e. The summed E-state index contributed by atoms with van der Waals surface area (Å²) in [5.74, 6) is 0.0710. The topological polar surface area (TPSA) is 118 Å². The van der Waals surface area contributed by atoms with Crippen LogP contribution in [0, 0.1) is 56.7 Å². The molecule has 0 aromatic rings. The minimum Gasteiger partial charge on any atom is -0.481 e. The minimum absolute atomic E-state index is 0.0206. The summed E-state index contributed by atoms with van der Waals surface area (Å²) in [5.41, 5.74) is -1.32. The number of carboxylic acids is 1. The van der Waals surface area contributed by atoms with E-state index in [-0.39, 0.29) is 35.2 Å². The van der Waals surface area contributed by atoms with Crippen LogP contribution in [0.4, 0.5) is 0 Å². The monoisotopic (exact) mass is 504 g/mol. The summed E-state index contributed by atoms with van der Waals surface area (Å²) in [6, 6.07) is 0. The number of fused-ring (bicyclic) bond motifs is 7. The number of aliphatic hydroxyl groups is 4. The largest absolute Gasteiger partial charge is 0.481 e. The summed E-state index contributed by atoms with van der Waals surface area (Å²) in [4.78, 5) is 12.8. The third-order valence-corrected chi connectivity index (χ3v) is 13.7. The second-order valence-corrected chi connectivity index (χ2v) is 14.5. The number of rotatable bonds is 2. The molecule has 0 heterocycles. The molecule has 13 atom stereocenters. The van der Waals surface area contributed by atoms with Gasteiger partial charge in [0.25, 0.3) is 0 Å². The van der Waals surface area contributed by atoms with E-state index in [0.717, 1.165) is 38.5 Å². The Balaban J connectivity index is 1.65. The van der Waals surface area contributed by atoms with Crippen LogP contribution in [-0.2, 0) is 4.79 Å². The van der Waals surface area contributed by atoms with Gasteiger partial charge in [-0.1, -0.05) is 53.2 Å². The number of carboxylic acid groups (broad SMARTS) is 1. The van der Waals surface area contributed by atoms with Crippen LogP contribution >= 0.6 is 0 Å². The predicted molar refractivity (Wildman–Crippen MR) is 137 cm³/mol. The fourth-order valence-electron chi connectivity index (χ4n) is 10.9. The van der Waals surface area contributed by atoms with Crippen LogP contribution in [0.3, 0.4) is 0 Å². The Labute approximate surface area is 216 Å². The number of allylic oxidation sites excluding steroid dienone is 2. The first-order valence-corrected chi connectivity index (χ1v) is 14.3. The molecule has 5 rings (SSSR count). The standard InChI is InChI=1S/C30H48O6/c1-16-9-12-30(25(35)36)14-13-27(4)18(21(30)17(16)2)7-8-20-28(27,5)11-10-19-26(3,15-31)23(33)22(32)24(34)29(19,20)6/h7,16-17,19-24,31-34H,8-15H2,1-6H3,(H,35,36)/t16-,17+,19?,20+,21+,22+,23-,24-,26?,27-,28-,29+,30+/m1/s1. The molecule has 4 fully saturated rings. The Morgan fingerprint density at radius 2 is 1.61 bits per heavy atom. The number of hydrogen-bond donors (Lipinski definition) is 5. The van der Waals surface area contributed by atoms with Gasteiger partial charge in [-0.3, -0.25) is 4.79 Å². The van der Waals surface area contributed by atoms with Crippen molar-refractivity contribution in [2.24, 2.45) is 56.7 Å². The van der Waals surface area contributed by atoms with Gasteiger partial charge in [0.05, 0.1) is 24.2 Å². The molecule has 2 unspecified atom stereocenters. The van der Waals surface area contributed by atoms with E-state index in [4.69, 9.17) is 0 Å². The molecule has 204 valence electrons. The van der Waals surface area contributed by atoms with Gasteiger partial charge < -0.3 is 25.5 Å². The highest BCUT2D eigenvalue weighted by atomic mass is 16.4. The molecule has 36 heavy (non-hydrogen) atoms. The first-order valence-electron chi connectivity index (χ1n) is 14.3. The quantitative estimate of drug-likeness (QED) is 0.363. The first-order chi connectivity index (χ1) is 16.7. The molecule has 0 aromatic heterocycles.